The highest BCUT2D eigenvalue weighted by Crippen LogP contribution is 2.24. The number of aromatic nitrogens is 2. The molecule has 3 N–H and O–H groups in total. The number of nitrogens with zero attached hydrogens (tertiary/aromatic N) is 4. The number of aliphatic imine (C=N–C) groups is 1. The van der Waals surface area contributed by atoms with Gasteiger partial charge < -0.3 is 15.7 Å². The van der Waals surface area contributed by atoms with Gasteiger partial charge in [0.05, 0.1) is 19.3 Å². The van der Waals surface area contributed by atoms with Crippen LogP contribution in [0.25, 0.3) is 0 Å². The first kappa shape index (κ1) is 27.6. The van der Waals surface area contributed by atoms with Crippen molar-refractivity contribution < 1.29 is 5.11 Å². The van der Waals surface area contributed by atoms with E-state index in [0.29, 0.717) is 25.1 Å². The molecule has 0 spiro atoms. The summed E-state index contributed by atoms with van der Waals surface area (Å²) >= 11 is 0. The summed E-state index contributed by atoms with van der Waals surface area (Å²) in [5.41, 5.74) is 2.32. The van der Waals surface area contributed by atoms with Crippen LogP contribution in [0.15, 0.2) is 41.7 Å². The van der Waals surface area contributed by atoms with Gasteiger partial charge in [-0.05, 0) is 44.9 Å². The van der Waals surface area contributed by atoms with Crippen LogP contribution in [0.2, 0.25) is 0 Å². The molecule has 0 amide bonds. The van der Waals surface area contributed by atoms with E-state index in [1.807, 2.05) is 20.2 Å². The van der Waals surface area contributed by atoms with Crippen molar-refractivity contribution in [3.63, 3.8) is 0 Å². The smallest absolute Gasteiger partial charge is 0.191 e. The average molecular weight is 569 g/mol. The molecule has 0 aliphatic heterocycles. The maximum Gasteiger partial charge on any atom is 0.191 e. The fraction of sp³-hybridized carbons (Fsp3) is 0.600. The van der Waals surface area contributed by atoms with Gasteiger partial charge in [-0.25, -0.2) is 4.99 Å². The minimum atomic E-state index is -1.04. The quantitative estimate of drug-likeness (QED) is 0.244. The molecule has 1 unspecified atom stereocenters. The van der Waals surface area contributed by atoms with E-state index in [1.165, 1.54) is 43.2 Å². The maximum atomic E-state index is 10.9. The molecule has 8 heteroatoms. The lowest BCUT2D eigenvalue weighted by atomic mass is 9.94. The summed E-state index contributed by atoms with van der Waals surface area (Å²) in [7, 11) is 4.10. The van der Waals surface area contributed by atoms with Crippen LogP contribution in [0, 0.1) is 0 Å². The van der Waals surface area contributed by atoms with Crippen LogP contribution < -0.4 is 10.6 Å². The Bertz CT molecular complexity index is 875. The molecule has 0 saturated heterocycles. The molecule has 1 aromatic heterocycles. The summed E-state index contributed by atoms with van der Waals surface area (Å²) in [5, 5.41) is 21.6. The van der Waals surface area contributed by atoms with E-state index in [4.69, 9.17) is 4.99 Å². The fourth-order valence-electron chi connectivity index (χ4n) is 4.35. The van der Waals surface area contributed by atoms with E-state index in [-0.39, 0.29) is 24.0 Å². The highest BCUT2D eigenvalue weighted by molar-refractivity contribution is 14.0. The third kappa shape index (κ3) is 8.26. The molecule has 184 valence electrons. The van der Waals surface area contributed by atoms with Crippen LogP contribution in [0.4, 0.5) is 0 Å². The molecule has 1 aromatic carbocycles. The molecule has 1 saturated carbocycles. The van der Waals surface area contributed by atoms with Gasteiger partial charge in [0, 0.05) is 37.9 Å². The number of hydrogen-bond donors (Lipinski definition) is 3. The lowest BCUT2D eigenvalue weighted by molar-refractivity contribution is 0.0616. The Morgan fingerprint density at radius 2 is 1.91 bits per heavy atom. The van der Waals surface area contributed by atoms with Gasteiger partial charge in [-0.3, -0.25) is 9.58 Å². The number of aryl methyl sites for hydroxylation is 1. The van der Waals surface area contributed by atoms with E-state index in [2.05, 4.69) is 51.9 Å². The largest absolute Gasteiger partial charge is 0.383 e. The second-order valence-corrected chi connectivity index (χ2v) is 9.20. The van der Waals surface area contributed by atoms with E-state index in [1.54, 1.807) is 17.8 Å². The molecule has 0 radical (unpaired) electrons. The minimum absolute atomic E-state index is 0. The Morgan fingerprint density at radius 1 is 1.21 bits per heavy atom. The van der Waals surface area contributed by atoms with E-state index in [0.717, 1.165) is 18.7 Å². The standard InChI is InChI=1S/C25H40N6O.HI/c1-5-26-24(28-19-25(2,32)22-16-29-31(4)18-22)27-15-20-11-9-10-12-21(20)17-30(3)23-13-7-6-8-14-23;/h9-12,16,18,23,32H,5-8,13-15,17,19H2,1-4H3,(H2,26,27,28);1H. The molecule has 7 nitrogen and oxygen atoms in total. The zero-order valence-corrected chi connectivity index (χ0v) is 22.9. The fourth-order valence-corrected chi connectivity index (χ4v) is 4.35. The Labute approximate surface area is 216 Å². The normalized spacial score (nSPS) is 16.8. The Hall–Kier alpha value is -1.65. The number of guanidine groups is 1. The van der Waals surface area contributed by atoms with Crippen molar-refractivity contribution in [1.29, 1.82) is 0 Å². The van der Waals surface area contributed by atoms with Crippen LogP contribution in [-0.4, -0.2) is 51.9 Å². The molecule has 1 aliphatic carbocycles. The number of halogens is 1. The van der Waals surface area contributed by atoms with Gasteiger partial charge in [0.2, 0.25) is 0 Å². The van der Waals surface area contributed by atoms with Gasteiger partial charge in [0.1, 0.15) is 5.60 Å². The Kier molecular flexibility index (Phi) is 11.1. The third-order valence-electron chi connectivity index (χ3n) is 6.41. The first-order valence-electron chi connectivity index (χ1n) is 11.9. The van der Waals surface area contributed by atoms with Crippen molar-refractivity contribution in [2.75, 3.05) is 20.1 Å². The first-order valence-corrected chi connectivity index (χ1v) is 11.9. The summed E-state index contributed by atoms with van der Waals surface area (Å²) in [6, 6.07) is 9.28. The van der Waals surface area contributed by atoms with Crippen molar-refractivity contribution in [2.45, 2.75) is 70.7 Å². The Balaban J connectivity index is 0.00000385. The molecule has 0 bridgehead atoms. The molecule has 1 fully saturated rings. The van der Waals surface area contributed by atoms with Crippen LogP contribution >= 0.6 is 24.0 Å². The summed E-state index contributed by atoms with van der Waals surface area (Å²) in [5.74, 6) is 0.701. The van der Waals surface area contributed by atoms with Crippen molar-refractivity contribution in [3.05, 3.63) is 53.3 Å². The Morgan fingerprint density at radius 3 is 2.55 bits per heavy atom. The average Bonchev–Trinajstić information content (AvgIpc) is 3.24. The molecule has 1 aliphatic rings. The third-order valence-corrected chi connectivity index (χ3v) is 6.41. The lowest BCUT2D eigenvalue weighted by Gasteiger charge is -2.31. The van der Waals surface area contributed by atoms with Crippen LogP contribution in [0.5, 0.6) is 0 Å². The molecule has 1 atom stereocenters. The van der Waals surface area contributed by atoms with Crippen LogP contribution in [0.3, 0.4) is 0 Å². The molecule has 33 heavy (non-hydrogen) atoms. The summed E-state index contributed by atoms with van der Waals surface area (Å²) < 4.78 is 1.70. The maximum absolute atomic E-state index is 10.9. The summed E-state index contributed by atoms with van der Waals surface area (Å²) in [6.45, 7) is 6.49. The van der Waals surface area contributed by atoms with Gasteiger partial charge in [0.15, 0.2) is 5.96 Å². The molecular formula is C25H41IN6O. The number of hydrogen-bond acceptors (Lipinski definition) is 4. The van der Waals surface area contributed by atoms with Gasteiger partial charge in [-0.1, -0.05) is 43.5 Å². The summed E-state index contributed by atoms with van der Waals surface area (Å²) in [6.07, 6.45) is 10.2. The van der Waals surface area contributed by atoms with E-state index in [9.17, 15) is 5.11 Å². The SMILES string of the molecule is CCNC(=NCc1ccccc1CN(C)C1CCCCC1)NCC(C)(O)c1cnn(C)c1.I. The van der Waals surface area contributed by atoms with Crippen LogP contribution in [0.1, 0.15) is 62.6 Å². The topological polar surface area (TPSA) is 77.7 Å². The predicted molar refractivity (Wildman–Crippen MR) is 146 cm³/mol. The molecule has 3 rings (SSSR count). The summed E-state index contributed by atoms with van der Waals surface area (Å²) in [4.78, 5) is 7.32. The van der Waals surface area contributed by atoms with Crippen molar-refractivity contribution in [2.24, 2.45) is 12.0 Å². The first-order chi connectivity index (χ1) is 15.4. The van der Waals surface area contributed by atoms with Crippen molar-refractivity contribution >= 4 is 29.9 Å². The van der Waals surface area contributed by atoms with Crippen LogP contribution in [-0.2, 0) is 25.7 Å². The number of aliphatic hydroxyl groups is 1. The van der Waals surface area contributed by atoms with E-state index < -0.39 is 5.60 Å². The second kappa shape index (κ2) is 13.3. The van der Waals surface area contributed by atoms with E-state index >= 15 is 0 Å². The van der Waals surface area contributed by atoms with Gasteiger partial charge in [-0.2, -0.15) is 5.10 Å². The van der Waals surface area contributed by atoms with Gasteiger partial charge in [0.25, 0.3) is 0 Å². The highest BCUT2D eigenvalue weighted by atomic mass is 127. The number of rotatable bonds is 9. The predicted octanol–water partition coefficient (Wildman–Crippen LogP) is 3.77. The minimum Gasteiger partial charge on any atom is -0.383 e. The number of benzene rings is 1. The zero-order valence-electron chi connectivity index (χ0n) is 20.5. The lowest BCUT2D eigenvalue weighted by Crippen LogP contribution is -2.44. The highest BCUT2D eigenvalue weighted by Gasteiger charge is 2.25. The monoisotopic (exact) mass is 568 g/mol. The number of nitrogens with one attached hydrogen (secondary N) is 2. The zero-order chi connectivity index (χ0) is 23.0. The van der Waals surface area contributed by atoms with Crippen molar-refractivity contribution in [1.82, 2.24) is 25.3 Å². The van der Waals surface area contributed by atoms with Gasteiger partial charge in [-0.15, -0.1) is 24.0 Å². The molecule has 1 heterocycles. The van der Waals surface area contributed by atoms with Gasteiger partial charge >= 0.3 is 0 Å². The molecular weight excluding hydrogens is 527 g/mol. The molecule has 2 aromatic rings. The second-order valence-electron chi connectivity index (χ2n) is 9.20. The van der Waals surface area contributed by atoms with Crippen molar-refractivity contribution in [3.8, 4) is 0 Å².